The van der Waals surface area contributed by atoms with Crippen molar-refractivity contribution in [3.63, 3.8) is 0 Å². The molecule has 0 bridgehead atoms. The van der Waals surface area contributed by atoms with Gasteiger partial charge in [-0.25, -0.2) is 0 Å². The number of amides is 3. The van der Waals surface area contributed by atoms with Gasteiger partial charge in [0.25, 0.3) is 11.8 Å². The van der Waals surface area contributed by atoms with E-state index < -0.39 is 11.9 Å². The molecule has 0 saturated heterocycles. The fourth-order valence-corrected chi connectivity index (χ4v) is 3.93. The Hall–Kier alpha value is -1.89. The maximum absolute atomic E-state index is 12.3. The lowest BCUT2D eigenvalue weighted by Gasteiger charge is -2.20. The van der Waals surface area contributed by atoms with Crippen LogP contribution in [-0.4, -0.2) is 23.8 Å². The van der Waals surface area contributed by atoms with Gasteiger partial charge in [0.2, 0.25) is 5.91 Å². The van der Waals surface area contributed by atoms with Crippen molar-refractivity contribution in [1.29, 1.82) is 0 Å². The summed E-state index contributed by atoms with van der Waals surface area (Å²) in [6.07, 6.45) is 3.17. The van der Waals surface area contributed by atoms with Crippen molar-refractivity contribution in [1.82, 2.24) is 16.2 Å². The molecule has 0 spiro atoms. The number of hydrogen-bond donors (Lipinski definition) is 3. The van der Waals surface area contributed by atoms with Crippen LogP contribution < -0.4 is 16.2 Å². The standard InChI is InChI=1S/C17H25N3O3S/c1-9(2)15(18-11(4)21)17(23)20-19-16(22)14-8-12-7-10(3)5-6-13(12)24-14/h8-10,15H,5-7H2,1-4H3,(H,18,21)(H,19,22)(H,20,23). The van der Waals surface area contributed by atoms with Crippen molar-refractivity contribution in [3.8, 4) is 0 Å². The molecule has 1 aliphatic carbocycles. The van der Waals surface area contributed by atoms with Crippen LogP contribution >= 0.6 is 11.3 Å². The van der Waals surface area contributed by atoms with E-state index in [1.54, 1.807) is 0 Å². The molecule has 7 heteroatoms. The SMILES string of the molecule is CC(=O)NC(C(=O)NNC(=O)c1cc2c(s1)CCC(C)C2)C(C)C. The molecule has 3 amide bonds. The molecule has 0 aromatic carbocycles. The molecule has 2 atom stereocenters. The summed E-state index contributed by atoms with van der Waals surface area (Å²) in [5.74, 6) is -0.465. The summed E-state index contributed by atoms with van der Waals surface area (Å²) in [5.41, 5.74) is 6.10. The van der Waals surface area contributed by atoms with Crippen LogP contribution in [0.3, 0.4) is 0 Å². The van der Waals surface area contributed by atoms with Crippen LogP contribution in [0.1, 0.15) is 54.2 Å². The van der Waals surface area contributed by atoms with E-state index in [1.807, 2.05) is 19.9 Å². The number of thiophene rings is 1. The third kappa shape index (κ3) is 4.56. The number of hydrazine groups is 1. The fourth-order valence-electron chi connectivity index (χ4n) is 2.83. The zero-order chi connectivity index (χ0) is 17.9. The number of fused-ring (bicyclic) bond motifs is 1. The highest BCUT2D eigenvalue weighted by Gasteiger charge is 2.24. The summed E-state index contributed by atoms with van der Waals surface area (Å²) in [4.78, 5) is 37.5. The highest BCUT2D eigenvalue weighted by molar-refractivity contribution is 7.14. The Morgan fingerprint density at radius 3 is 2.58 bits per heavy atom. The largest absolute Gasteiger partial charge is 0.344 e. The Balaban J connectivity index is 1.95. The number of aryl methyl sites for hydroxylation is 1. The molecule has 0 aliphatic heterocycles. The second kappa shape index (κ2) is 7.79. The third-order valence-corrected chi connectivity index (χ3v) is 5.40. The van der Waals surface area contributed by atoms with E-state index in [4.69, 9.17) is 0 Å². The Morgan fingerprint density at radius 1 is 1.25 bits per heavy atom. The van der Waals surface area contributed by atoms with Gasteiger partial charge in [0, 0.05) is 11.8 Å². The molecule has 24 heavy (non-hydrogen) atoms. The van der Waals surface area contributed by atoms with Crippen LogP contribution in [0.25, 0.3) is 0 Å². The van der Waals surface area contributed by atoms with Gasteiger partial charge >= 0.3 is 0 Å². The zero-order valence-electron chi connectivity index (χ0n) is 14.6. The van der Waals surface area contributed by atoms with Gasteiger partial charge in [-0.1, -0.05) is 20.8 Å². The summed E-state index contributed by atoms with van der Waals surface area (Å²) in [7, 11) is 0. The van der Waals surface area contributed by atoms with Crippen LogP contribution in [0.15, 0.2) is 6.07 Å². The van der Waals surface area contributed by atoms with Gasteiger partial charge < -0.3 is 5.32 Å². The molecule has 2 rings (SSSR count). The predicted molar refractivity (Wildman–Crippen MR) is 93.6 cm³/mol. The average Bonchev–Trinajstić information content (AvgIpc) is 2.92. The minimum atomic E-state index is -0.680. The molecule has 1 aromatic rings. The highest BCUT2D eigenvalue weighted by Crippen LogP contribution is 2.32. The maximum Gasteiger partial charge on any atom is 0.279 e. The van der Waals surface area contributed by atoms with Gasteiger partial charge in [0.1, 0.15) is 6.04 Å². The first-order valence-electron chi connectivity index (χ1n) is 8.26. The van der Waals surface area contributed by atoms with E-state index in [0.29, 0.717) is 10.8 Å². The Morgan fingerprint density at radius 2 is 1.96 bits per heavy atom. The lowest BCUT2D eigenvalue weighted by atomic mass is 9.90. The molecule has 1 heterocycles. The lowest BCUT2D eigenvalue weighted by Crippen LogP contribution is -2.53. The van der Waals surface area contributed by atoms with Crippen LogP contribution in [0.2, 0.25) is 0 Å². The maximum atomic E-state index is 12.3. The molecule has 0 radical (unpaired) electrons. The van der Waals surface area contributed by atoms with E-state index in [2.05, 4.69) is 23.1 Å². The summed E-state index contributed by atoms with van der Waals surface area (Å²) < 4.78 is 0. The van der Waals surface area contributed by atoms with E-state index in [1.165, 1.54) is 28.7 Å². The first-order chi connectivity index (χ1) is 11.3. The van der Waals surface area contributed by atoms with Crippen molar-refractivity contribution >= 4 is 29.1 Å². The second-order valence-corrected chi connectivity index (χ2v) is 7.91. The number of nitrogens with one attached hydrogen (secondary N) is 3. The molecule has 1 aromatic heterocycles. The van der Waals surface area contributed by atoms with Gasteiger partial charge in [-0.15, -0.1) is 11.3 Å². The van der Waals surface area contributed by atoms with Gasteiger partial charge in [-0.2, -0.15) is 0 Å². The Kier molecular flexibility index (Phi) is 5.99. The molecule has 0 saturated carbocycles. The smallest absolute Gasteiger partial charge is 0.279 e. The number of hydrogen-bond acceptors (Lipinski definition) is 4. The number of carbonyl (C=O) groups excluding carboxylic acids is 3. The molecule has 0 fully saturated rings. The van der Waals surface area contributed by atoms with Crippen LogP contribution in [0.4, 0.5) is 0 Å². The molecule has 132 valence electrons. The Labute approximate surface area is 146 Å². The summed E-state index contributed by atoms with van der Waals surface area (Å²) >= 11 is 1.49. The average molecular weight is 351 g/mol. The van der Waals surface area contributed by atoms with E-state index in [9.17, 15) is 14.4 Å². The molecule has 2 unspecified atom stereocenters. The van der Waals surface area contributed by atoms with E-state index in [0.717, 1.165) is 19.3 Å². The third-order valence-electron chi connectivity index (χ3n) is 4.16. The fraction of sp³-hybridized carbons (Fsp3) is 0.588. The van der Waals surface area contributed by atoms with Crippen molar-refractivity contribution in [3.05, 3.63) is 21.4 Å². The van der Waals surface area contributed by atoms with Crippen molar-refractivity contribution in [2.75, 3.05) is 0 Å². The minimum absolute atomic E-state index is 0.0821. The second-order valence-electron chi connectivity index (χ2n) is 6.77. The van der Waals surface area contributed by atoms with E-state index in [-0.39, 0.29) is 17.7 Å². The summed E-state index contributed by atoms with van der Waals surface area (Å²) in [6.45, 7) is 7.24. The molecule has 6 nitrogen and oxygen atoms in total. The molecular weight excluding hydrogens is 326 g/mol. The van der Waals surface area contributed by atoms with Crippen LogP contribution in [0, 0.1) is 11.8 Å². The monoisotopic (exact) mass is 351 g/mol. The Bertz CT molecular complexity index is 639. The van der Waals surface area contributed by atoms with Gasteiger partial charge in [-0.3, -0.25) is 25.2 Å². The van der Waals surface area contributed by atoms with E-state index >= 15 is 0 Å². The topological polar surface area (TPSA) is 87.3 Å². The van der Waals surface area contributed by atoms with Crippen molar-refractivity contribution in [2.45, 2.75) is 53.0 Å². The van der Waals surface area contributed by atoms with Gasteiger partial charge in [0.05, 0.1) is 4.88 Å². The lowest BCUT2D eigenvalue weighted by molar-refractivity contribution is -0.129. The molecule has 3 N–H and O–H groups in total. The number of rotatable bonds is 4. The first kappa shape index (κ1) is 18.4. The highest BCUT2D eigenvalue weighted by atomic mass is 32.1. The van der Waals surface area contributed by atoms with Crippen LogP contribution in [0.5, 0.6) is 0 Å². The van der Waals surface area contributed by atoms with Crippen molar-refractivity contribution in [2.24, 2.45) is 11.8 Å². The first-order valence-corrected chi connectivity index (χ1v) is 9.08. The predicted octanol–water partition coefficient (Wildman–Crippen LogP) is 1.79. The molecular formula is C17H25N3O3S. The molecule has 1 aliphatic rings. The normalized spacial score (nSPS) is 17.8. The summed E-state index contributed by atoms with van der Waals surface area (Å²) in [6, 6.07) is 1.24. The van der Waals surface area contributed by atoms with Gasteiger partial charge in [0.15, 0.2) is 0 Å². The van der Waals surface area contributed by atoms with Crippen molar-refractivity contribution < 1.29 is 14.4 Å². The quantitative estimate of drug-likeness (QED) is 0.723. The van der Waals surface area contributed by atoms with Gasteiger partial charge in [-0.05, 0) is 42.7 Å². The number of carbonyl (C=O) groups is 3. The van der Waals surface area contributed by atoms with Crippen LogP contribution in [-0.2, 0) is 22.4 Å². The zero-order valence-corrected chi connectivity index (χ0v) is 15.4. The minimum Gasteiger partial charge on any atom is -0.344 e. The summed E-state index contributed by atoms with van der Waals surface area (Å²) in [5, 5.41) is 2.59.